The predicted octanol–water partition coefficient (Wildman–Crippen LogP) is 2.36. The van der Waals surface area contributed by atoms with Gasteiger partial charge in [-0.05, 0) is 12.1 Å². The van der Waals surface area contributed by atoms with E-state index in [0.29, 0.717) is 19.6 Å². The molecule has 0 bridgehead atoms. The number of thioether (sulfide) groups is 1. The van der Waals surface area contributed by atoms with Crippen molar-refractivity contribution in [2.75, 3.05) is 26.1 Å². The summed E-state index contributed by atoms with van der Waals surface area (Å²) in [6, 6.07) is 10.0. The molecule has 0 radical (unpaired) electrons. The summed E-state index contributed by atoms with van der Waals surface area (Å²) in [5, 5.41) is 0. The normalized spacial score (nSPS) is 10.1. The molecular weight excluding hydrogens is 224 g/mol. The minimum atomic E-state index is -0.166. The van der Waals surface area contributed by atoms with Gasteiger partial charge in [0.05, 0.1) is 13.0 Å². The van der Waals surface area contributed by atoms with E-state index < -0.39 is 0 Å². The van der Waals surface area contributed by atoms with Crippen LogP contribution < -0.4 is 0 Å². The van der Waals surface area contributed by atoms with Crippen molar-refractivity contribution in [3.05, 3.63) is 30.3 Å². The number of ether oxygens (including phenoxy) is 2. The number of carbonyl (C=O) groups is 1. The van der Waals surface area contributed by atoms with Gasteiger partial charge in [-0.1, -0.05) is 18.2 Å². The lowest BCUT2D eigenvalue weighted by molar-refractivity contribution is -0.144. The summed E-state index contributed by atoms with van der Waals surface area (Å²) < 4.78 is 9.73. The van der Waals surface area contributed by atoms with Crippen LogP contribution in [0.2, 0.25) is 0 Å². The minimum absolute atomic E-state index is 0.166. The summed E-state index contributed by atoms with van der Waals surface area (Å²) in [6.07, 6.45) is 0.434. The highest BCUT2D eigenvalue weighted by atomic mass is 32.2. The highest BCUT2D eigenvalue weighted by molar-refractivity contribution is 7.99. The SMILES string of the molecule is COCCOC(=O)CCSc1ccccc1. The van der Waals surface area contributed by atoms with Crippen LogP contribution in [0, 0.1) is 0 Å². The highest BCUT2D eigenvalue weighted by Crippen LogP contribution is 2.17. The van der Waals surface area contributed by atoms with Gasteiger partial charge < -0.3 is 9.47 Å². The van der Waals surface area contributed by atoms with Gasteiger partial charge in [-0.15, -0.1) is 11.8 Å². The Morgan fingerprint density at radius 3 is 2.69 bits per heavy atom. The molecule has 0 unspecified atom stereocenters. The van der Waals surface area contributed by atoms with Crippen molar-refractivity contribution in [2.24, 2.45) is 0 Å². The molecule has 0 aliphatic carbocycles. The van der Waals surface area contributed by atoms with E-state index in [2.05, 4.69) is 0 Å². The molecular formula is C12H16O3S. The lowest BCUT2D eigenvalue weighted by Crippen LogP contribution is -2.10. The molecule has 1 aromatic carbocycles. The van der Waals surface area contributed by atoms with Crippen LogP contribution in [0.25, 0.3) is 0 Å². The molecule has 88 valence electrons. The molecule has 0 saturated heterocycles. The van der Waals surface area contributed by atoms with Crippen molar-refractivity contribution in [2.45, 2.75) is 11.3 Å². The van der Waals surface area contributed by atoms with E-state index in [9.17, 15) is 4.79 Å². The molecule has 0 aliphatic heterocycles. The number of hydrogen-bond donors (Lipinski definition) is 0. The Morgan fingerprint density at radius 1 is 1.25 bits per heavy atom. The summed E-state index contributed by atoms with van der Waals surface area (Å²) in [5.41, 5.74) is 0. The Kier molecular flexibility index (Phi) is 6.69. The number of esters is 1. The molecule has 0 saturated carbocycles. The average molecular weight is 240 g/mol. The zero-order chi connectivity index (χ0) is 11.6. The fourth-order valence-corrected chi connectivity index (χ4v) is 1.93. The molecule has 0 heterocycles. The lowest BCUT2D eigenvalue weighted by Gasteiger charge is -2.03. The van der Waals surface area contributed by atoms with Crippen molar-refractivity contribution in [3.63, 3.8) is 0 Å². The standard InChI is InChI=1S/C12H16O3S/c1-14-8-9-15-12(13)7-10-16-11-5-3-2-4-6-11/h2-6H,7-10H2,1H3. The third kappa shape index (κ3) is 5.78. The summed E-state index contributed by atoms with van der Waals surface area (Å²) in [6.45, 7) is 0.795. The first kappa shape index (κ1) is 13.1. The van der Waals surface area contributed by atoms with Crippen molar-refractivity contribution >= 4 is 17.7 Å². The molecule has 16 heavy (non-hydrogen) atoms. The van der Waals surface area contributed by atoms with Crippen LogP contribution >= 0.6 is 11.8 Å². The van der Waals surface area contributed by atoms with Crippen LogP contribution in [0.5, 0.6) is 0 Å². The van der Waals surface area contributed by atoms with E-state index in [1.165, 1.54) is 4.90 Å². The van der Waals surface area contributed by atoms with Crippen LogP contribution in [-0.4, -0.2) is 32.0 Å². The third-order valence-corrected chi connectivity index (χ3v) is 2.88. The van der Waals surface area contributed by atoms with Crippen molar-refractivity contribution in [1.29, 1.82) is 0 Å². The van der Waals surface area contributed by atoms with Crippen LogP contribution in [0.4, 0.5) is 0 Å². The zero-order valence-electron chi connectivity index (χ0n) is 9.35. The van der Waals surface area contributed by atoms with Crippen molar-refractivity contribution < 1.29 is 14.3 Å². The first-order valence-electron chi connectivity index (χ1n) is 5.15. The summed E-state index contributed by atoms with van der Waals surface area (Å²) >= 11 is 1.66. The van der Waals surface area contributed by atoms with E-state index in [4.69, 9.17) is 9.47 Å². The largest absolute Gasteiger partial charge is 0.463 e. The van der Waals surface area contributed by atoms with Gasteiger partial charge in [0.25, 0.3) is 0 Å². The summed E-state index contributed by atoms with van der Waals surface area (Å²) in [7, 11) is 1.58. The van der Waals surface area contributed by atoms with E-state index in [-0.39, 0.29) is 5.97 Å². The number of hydrogen-bond acceptors (Lipinski definition) is 4. The fourth-order valence-electron chi connectivity index (χ4n) is 1.08. The zero-order valence-corrected chi connectivity index (χ0v) is 10.2. The van der Waals surface area contributed by atoms with Crippen LogP contribution in [0.1, 0.15) is 6.42 Å². The Bertz CT molecular complexity index is 300. The van der Waals surface area contributed by atoms with E-state index in [1.54, 1.807) is 18.9 Å². The van der Waals surface area contributed by atoms with Crippen LogP contribution in [0.15, 0.2) is 35.2 Å². The van der Waals surface area contributed by atoms with Crippen LogP contribution in [-0.2, 0) is 14.3 Å². The summed E-state index contributed by atoms with van der Waals surface area (Å²) in [5.74, 6) is 0.580. The monoisotopic (exact) mass is 240 g/mol. The van der Waals surface area contributed by atoms with Gasteiger partial charge in [0.1, 0.15) is 6.61 Å². The second kappa shape index (κ2) is 8.19. The van der Waals surface area contributed by atoms with E-state index >= 15 is 0 Å². The number of rotatable bonds is 7. The Balaban J connectivity index is 2.09. The number of methoxy groups -OCH3 is 1. The van der Waals surface area contributed by atoms with Gasteiger partial charge in [-0.2, -0.15) is 0 Å². The molecule has 0 fully saturated rings. The van der Waals surface area contributed by atoms with Gasteiger partial charge in [0.15, 0.2) is 0 Å². The van der Waals surface area contributed by atoms with Crippen molar-refractivity contribution in [1.82, 2.24) is 0 Å². The maximum atomic E-state index is 11.2. The molecule has 1 rings (SSSR count). The fraction of sp³-hybridized carbons (Fsp3) is 0.417. The highest BCUT2D eigenvalue weighted by Gasteiger charge is 2.02. The molecule has 1 aromatic rings. The maximum absolute atomic E-state index is 11.2. The molecule has 0 aliphatic rings. The molecule has 3 nitrogen and oxygen atoms in total. The predicted molar refractivity (Wildman–Crippen MR) is 64.6 cm³/mol. The Labute approximate surface area is 100 Å². The summed E-state index contributed by atoms with van der Waals surface area (Å²) in [4.78, 5) is 12.4. The van der Waals surface area contributed by atoms with Gasteiger partial charge in [-0.3, -0.25) is 4.79 Å². The second-order valence-corrected chi connectivity index (χ2v) is 4.29. The second-order valence-electron chi connectivity index (χ2n) is 3.12. The quantitative estimate of drug-likeness (QED) is 0.416. The maximum Gasteiger partial charge on any atom is 0.306 e. The topological polar surface area (TPSA) is 35.5 Å². The van der Waals surface area contributed by atoms with Gasteiger partial charge in [-0.25, -0.2) is 0 Å². The Hall–Kier alpha value is -1.00. The molecule has 0 atom stereocenters. The molecule has 0 aromatic heterocycles. The molecule has 0 N–H and O–H groups in total. The first-order chi connectivity index (χ1) is 7.83. The average Bonchev–Trinajstić information content (AvgIpc) is 2.31. The van der Waals surface area contributed by atoms with Crippen molar-refractivity contribution in [3.8, 4) is 0 Å². The van der Waals surface area contributed by atoms with Crippen LogP contribution in [0.3, 0.4) is 0 Å². The van der Waals surface area contributed by atoms with Gasteiger partial charge in [0, 0.05) is 17.8 Å². The number of carbonyl (C=O) groups excluding carboxylic acids is 1. The smallest absolute Gasteiger partial charge is 0.306 e. The molecule has 0 amide bonds. The molecule has 0 spiro atoms. The third-order valence-electron chi connectivity index (χ3n) is 1.87. The van der Waals surface area contributed by atoms with E-state index in [1.807, 2.05) is 30.3 Å². The van der Waals surface area contributed by atoms with E-state index in [0.717, 1.165) is 5.75 Å². The van der Waals surface area contributed by atoms with Gasteiger partial charge in [0.2, 0.25) is 0 Å². The molecule has 4 heteroatoms. The first-order valence-corrected chi connectivity index (χ1v) is 6.14. The van der Waals surface area contributed by atoms with Gasteiger partial charge >= 0.3 is 5.97 Å². The number of benzene rings is 1. The Morgan fingerprint density at radius 2 is 2.00 bits per heavy atom. The minimum Gasteiger partial charge on any atom is -0.463 e. The lowest BCUT2D eigenvalue weighted by atomic mass is 10.4.